The predicted molar refractivity (Wildman–Crippen MR) is 119 cm³/mol. The molecule has 154 valence electrons. The number of nitrogens with zero attached hydrogens (tertiary/aromatic N) is 4. The van der Waals surface area contributed by atoms with Gasteiger partial charge in [0.15, 0.2) is 5.82 Å². The van der Waals surface area contributed by atoms with Crippen LogP contribution in [0.15, 0.2) is 72.2 Å². The fourth-order valence-electron chi connectivity index (χ4n) is 3.67. The van der Waals surface area contributed by atoms with Gasteiger partial charge in [-0.1, -0.05) is 0 Å². The van der Waals surface area contributed by atoms with E-state index in [1.807, 2.05) is 53.9 Å². The third-order valence-electron chi connectivity index (χ3n) is 5.26. The van der Waals surface area contributed by atoms with E-state index in [9.17, 15) is 4.79 Å². The Morgan fingerprint density at radius 3 is 2.87 bits per heavy atom. The minimum atomic E-state index is -0.206. The van der Waals surface area contributed by atoms with Crippen molar-refractivity contribution in [3.63, 3.8) is 0 Å². The quantitative estimate of drug-likeness (QED) is 0.428. The van der Waals surface area contributed by atoms with Gasteiger partial charge < -0.3 is 14.1 Å². The Kier molecular flexibility index (Phi) is 4.92. The molecule has 0 aliphatic heterocycles. The number of pyridine rings is 1. The molecule has 7 heteroatoms. The lowest BCUT2D eigenvalue weighted by atomic mass is 10.1. The lowest BCUT2D eigenvalue weighted by Gasteiger charge is -2.10. The molecule has 31 heavy (non-hydrogen) atoms. The molecule has 4 heterocycles. The highest BCUT2D eigenvalue weighted by molar-refractivity contribution is 5.84. The molecule has 0 radical (unpaired) electrons. The Balaban J connectivity index is 1.38. The molecule has 0 amide bonds. The van der Waals surface area contributed by atoms with E-state index < -0.39 is 0 Å². The number of aromatic amines is 1. The lowest BCUT2D eigenvalue weighted by molar-refractivity contribution is 0.311. The van der Waals surface area contributed by atoms with Crippen molar-refractivity contribution in [2.75, 3.05) is 6.61 Å². The van der Waals surface area contributed by atoms with Crippen LogP contribution >= 0.6 is 0 Å². The molecular weight excluding hydrogens is 390 g/mol. The van der Waals surface area contributed by atoms with E-state index in [4.69, 9.17) is 4.74 Å². The van der Waals surface area contributed by atoms with Crippen LogP contribution in [0.5, 0.6) is 5.75 Å². The molecule has 0 atom stereocenters. The van der Waals surface area contributed by atoms with Gasteiger partial charge >= 0.3 is 0 Å². The van der Waals surface area contributed by atoms with E-state index in [-0.39, 0.29) is 5.56 Å². The van der Waals surface area contributed by atoms with Gasteiger partial charge in [0, 0.05) is 24.1 Å². The van der Waals surface area contributed by atoms with E-state index >= 15 is 0 Å². The zero-order valence-corrected chi connectivity index (χ0v) is 17.1. The topological polar surface area (TPSA) is 85.2 Å². The Morgan fingerprint density at radius 2 is 2.00 bits per heavy atom. The van der Waals surface area contributed by atoms with Crippen LogP contribution in [0.25, 0.3) is 27.9 Å². The molecule has 1 aromatic carbocycles. The van der Waals surface area contributed by atoms with E-state index in [1.165, 1.54) is 5.56 Å². The van der Waals surface area contributed by atoms with Gasteiger partial charge in [-0.05, 0) is 73.4 Å². The zero-order valence-electron chi connectivity index (χ0n) is 17.1. The maximum Gasteiger partial charge on any atom is 0.259 e. The second-order valence-corrected chi connectivity index (χ2v) is 7.47. The van der Waals surface area contributed by atoms with E-state index in [0.717, 1.165) is 23.9 Å². The minimum absolute atomic E-state index is 0.206. The fraction of sp³-hybridized carbons (Fsp3) is 0.167. The molecule has 0 spiro atoms. The van der Waals surface area contributed by atoms with Crippen LogP contribution in [-0.2, 0) is 6.42 Å². The van der Waals surface area contributed by atoms with Gasteiger partial charge in [0.25, 0.3) is 5.56 Å². The fourth-order valence-corrected chi connectivity index (χ4v) is 3.67. The lowest BCUT2D eigenvalue weighted by Crippen LogP contribution is -2.11. The molecule has 1 N–H and O–H groups in total. The first-order chi connectivity index (χ1) is 15.2. The summed E-state index contributed by atoms with van der Waals surface area (Å²) in [5, 5.41) is 0.511. The molecule has 0 unspecified atom stereocenters. The van der Waals surface area contributed by atoms with Crippen LogP contribution in [0.4, 0.5) is 0 Å². The zero-order chi connectivity index (χ0) is 21.2. The Labute approximate surface area is 178 Å². The number of fused-ring (bicyclic) bond motifs is 2. The summed E-state index contributed by atoms with van der Waals surface area (Å²) in [5.74, 6) is 1.13. The number of hydrogen-bond donors (Lipinski definition) is 1. The summed E-state index contributed by atoms with van der Waals surface area (Å²) in [5.41, 5.74) is 4.18. The first-order valence-electron chi connectivity index (χ1n) is 10.2. The maximum absolute atomic E-state index is 12.8. The number of nitrogens with one attached hydrogen (secondary N) is 1. The second-order valence-electron chi connectivity index (χ2n) is 7.47. The van der Waals surface area contributed by atoms with Crippen molar-refractivity contribution < 1.29 is 4.74 Å². The van der Waals surface area contributed by atoms with Gasteiger partial charge in [0.05, 0.1) is 23.8 Å². The average Bonchev–Trinajstić information content (AvgIpc) is 3.26. The summed E-state index contributed by atoms with van der Waals surface area (Å²) < 4.78 is 7.82. The molecule has 0 fully saturated rings. The standard InChI is InChI=1S/C24H21N5O2/c1-16-12-19(31-11-3-4-17-6-8-25-9-7-17)14-20-22(16)27-23(28-24(20)30)21-13-18-5-2-10-29(18)15-26-21/h2,5-10,12-15H,3-4,11H2,1H3,(H,27,28,30). The number of ether oxygens (including phenoxy) is 1. The summed E-state index contributed by atoms with van der Waals surface area (Å²) >= 11 is 0. The Bertz CT molecular complexity index is 1420. The summed E-state index contributed by atoms with van der Waals surface area (Å²) in [6.07, 6.45) is 9.02. The molecule has 5 rings (SSSR count). The third-order valence-corrected chi connectivity index (χ3v) is 5.26. The second kappa shape index (κ2) is 8.02. The van der Waals surface area contributed by atoms with Gasteiger partial charge in [-0.25, -0.2) is 9.97 Å². The van der Waals surface area contributed by atoms with E-state index in [1.54, 1.807) is 24.8 Å². The van der Waals surface area contributed by atoms with Crippen LogP contribution in [-0.4, -0.2) is 30.9 Å². The SMILES string of the molecule is Cc1cc(OCCCc2ccncc2)cc2c(=O)[nH]c(-c3cc4cccn4cn3)nc12. The molecule has 4 aromatic heterocycles. The van der Waals surface area contributed by atoms with Crippen molar-refractivity contribution in [3.05, 3.63) is 88.9 Å². The molecule has 0 aliphatic carbocycles. The summed E-state index contributed by atoms with van der Waals surface area (Å²) in [6.45, 7) is 2.50. The van der Waals surface area contributed by atoms with Crippen molar-refractivity contribution in [1.82, 2.24) is 24.3 Å². The highest BCUT2D eigenvalue weighted by atomic mass is 16.5. The molecule has 0 aliphatic rings. The van der Waals surface area contributed by atoms with Crippen molar-refractivity contribution in [2.24, 2.45) is 0 Å². The van der Waals surface area contributed by atoms with Gasteiger partial charge in [-0.15, -0.1) is 0 Å². The summed E-state index contributed by atoms with van der Waals surface area (Å²) in [7, 11) is 0. The monoisotopic (exact) mass is 411 g/mol. The number of aryl methyl sites for hydroxylation is 2. The number of hydrogen-bond acceptors (Lipinski definition) is 5. The predicted octanol–water partition coefficient (Wildman–Crippen LogP) is 3.95. The molecule has 7 nitrogen and oxygen atoms in total. The van der Waals surface area contributed by atoms with E-state index in [0.29, 0.717) is 34.8 Å². The maximum atomic E-state index is 12.8. The van der Waals surface area contributed by atoms with Crippen LogP contribution < -0.4 is 10.3 Å². The van der Waals surface area contributed by atoms with Gasteiger partial charge in [-0.2, -0.15) is 0 Å². The van der Waals surface area contributed by atoms with Crippen LogP contribution in [0.1, 0.15) is 17.5 Å². The first-order valence-corrected chi connectivity index (χ1v) is 10.2. The molecule has 5 aromatic rings. The largest absolute Gasteiger partial charge is 0.494 e. The van der Waals surface area contributed by atoms with Crippen molar-refractivity contribution >= 4 is 16.4 Å². The van der Waals surface area contributed by atoms with E-state index in [2.05, 4.69) is 19.9 Å². The molecular formula is C24H21N5O2. The Morgan fingerprint density at radius 1 is 1.13 bits per heavy atom. The molecule has 0 saturated heterocycles. The van der Waals surface area contributed by atoms with Crippen molar-refractivity contribution in [1.29, 1.82) is 0 Å². The average molecular weight is 411 g/mol. The summed E-state index contributed by atoms with van der Waals surface area (Å²) in [6, 6.07) is 13.5. The Hall–Kier alpha value is -4.00. The number of H-pyrrole nitrogens is 1. The highest BCUT2D eigenvalue weighted by Crippen LogP contribution is 2.24. The minimum Gasteiger partial charge on any atom is -0.494 e. The highest BCUT2D eigenvalue weighted by Gasteiger charge is 2.12. The smallest absolute Gasteiger partial charge is 0.259 e. The number of rotatable bonds is 6. The summed E-state index contributed by atoms with van der Waals surface area (Å²) in [4.78, 5) is 28.8. The van der Waals surface area contributed by atoms with Gasteiger partial charge in [0.2, 0.25) is 0 Å². The van der Waals surface area contributed by atoms with Crippen LogP contribution in [0, 0.1) is 6.92 Å². The first kappa shape index (κ1) is 19.0. The van der Waals surface area contributed by atoms with Crippen LogP contribution in [0.3, 0.4) is 0 Å². The molecule has 0 bridgehead atoms. The van der Waals surface area contributed by atoms with Crippen molar-refractivity contribution in [3.8, 4) is 17.3 Å². The number of benzene rings is 1. The molecule has 0 saturated carbocycles. The van der Waals surface area contributed by atoms with Crippen molar-refractivity contribution in [2.45, 2.75) is 19.8 Å². The van der Waals surface area contributed by atoms with Gasteiger partial charge in [0.1, 0.15) is 11.4 Å². The van der Waals surface area contributed by atoms with Gasteiger partial charge in [-0.3, -0.25) is 9.78 Å². The number of aromatic nitrogens is 5. The third kappa shape index (κ3) is 3.90. The normalized spacial score (nSPS) is 11.3. The van der Waals surface area contributed by atoms with Crippen LogP contribution in [0.2, 0.25) is 0 Å².